The summed E-state index contributed by atoms with van der Waals surface area (Å²) in [7, 11) is 0. The second-order valence-electron chi connectivity index (χ2n) is 6.34. The highest BCUT2D eigenvalue weighted by atomic mass is 16.5. The Kier molecular flexibility index (Phi) is 16.4. The van der Waals surface area contributed by atoms with Crippen LogP contribution in [-0.4, -0.2) is 12.6 Å². The molecule has 0 saturated heterocycles. The summed E-state index contributed by atoms with van der Waals surface area (Å²) in [5, 5.41) is 0. The predicted octanol–water partition coefficient (Wildman–Crippen LogP) is 6.81. The molecular weight excluding hydrogens is 272 g/mol. The topological polar surface area (TPSA) is 26.3 Å². The lowest BCUT2D eigenvalue weighted by Gasteiger charge is -2.03. The van der Waals surface area contributed by atoms with Crippen LogP contribution in [0.4, 0.5) is 0 Å². The maximum absolute atomic E-state index is 11.3. The molecule has 132 valence electrons. The van der Waals surface area contributed by atoms with E-state index in [9.17, 15) is 4.79 Å². The van der Waals surface area contributed by atoms with Crippen LogP contribution >= 0.6 is 0 Å². The fourth-order valence-corrected chi connectivity index (χ4v) is 2.76. The van der Waals surface area contributed by atoms with Crippen molar-refractivity contribution >= 4 is 5.97 Å². The van der Waals surface area contributed by atoms with E-state index in [-0.39, 0.29) is 5.97 Å². The van der Waals surface area contributed by atoms with Gasteiger partial charge in [0.05, 0.1) is 6.61 Å². The molecular formula is C20H40O2. The molecule has 0 fully saturated rings. The van der Waals surface area contributed by atoms with Crippen LogP contribution in [0.5, 0.6) is 0 Å². The van der Waals surface area contributed by atoms with E-state index in [1.807, 2.05) is 0 Å². The number of unbranched alkanes of at least 4 members (excludes halogenated alkanes) is 13. The normalized spacial score (nSPS) is 12.9. The van der Waals surface area contributed by atoms with Crippen molar-refractivity contribution in [1.82, 2.24) is 0 Å². The summed E-state index contributed by atoms with van der Waals surface area (Å²) in [5.74, 6) is -0.359. The van der Waals surface area contributed by atoms with Gasteiger partial charge in [0.25, 0.3) is 0 Å². The molecule has 0 aliphatic rings. The van der Waals surface area contributed by atoms with Crippen LogP contribution in [0.2, 0.25) is 0 Å². The number of ether oxygens (including phenoxy) is 1. The number of hydrogen-bond donors (Lipinski definition) is 0. The van der Waals surface area contributed by atoms with Gasteiger partial charge >= 0.3 is 5.97 Å². The van der Waals surface area contributed by atoms with Gasteiger partial charge in [0, 0.05) is 7.77 Å². The Morgan fingerprint density at radius 3 is 1.41 bits per heavy atom. The summed E-state index contributed by atoms with van der Waals surface area (Å²) in [6.07, 6.45) is 18.6. The summed E-state index contributed by atoms with van der Waals surface area (Å²) in [5.41, 5.74) is 0. The maximum Gasteiger partial charge on any atom is 0.305 e. The van der Waals surface area contributed by atoms with Gasteiger partial charge in [-0.3, -0.25) is 4.79 Å². The molecule has 0 saturated carbocycles. The van der Waals surface area contributed by atoms with Gasteiger partial charge in [0.1, 0.15) is 0 Å². The van der Waals surface area contributed by atoms with E-state index >= 15 is 0 Å². The Balaban J connectivity index is 3.14. The highest BCUT2D eigenvalue weighted by Gasteiger charge is 2.00. The van der Waals surface area contributed by atoms with E-state index in [2.05, 4.69) is 6.92 Å². The molecule has 1 unspecified atom stereocenters. The van der Waals surface area contributed by atoms with Gasteiger partial charge in [-0.1, -0.05) is 96.8 Å². The van der Waals surface area contributed by atoms with Crippen molar-refractivity contribution in [2.75, 3.05) is 6.61 Å². The van der Waals surface area contributed by atoms with Gasteiger partial charge in [0.2, 0.25) is 0 Å². The predicted molar refractivity (Wildman–Crippen MR) is 96.2 cm³/mol. The van der Waals surface area contributed by atoms with E-state index in [0.717, 1.165) is 12.8 Å². The Bertz CT molecular complexity index is 256. The van der Waals surface area contributed by atoms with Crippen LogP contribution in [0.3, 0.4) is 0 Å². The highest BCUT2D eigenvalue weighted by molar-refractivity contribution is 5.69. The summed E-state index contributed by atoms with van der Waals surface area (Å²) >= 11 is 0. The smallest absolute Gasteiger partial charge is 0.305 e. The molecule has 0 amide bonds. The first-order chi connectivity index (χ1) is 11.2. The standard InChI is InChI=1S/C20H40O2/c1-3-5-6-7-8-9-10-11-12-13-14-15-16-17-18-19-20(21)22-4-2/h3-19H2,1-2H3/i19D. The Hall–Kier alpha value is -0.530. The van der Waals surface area contributed by atoms with Crippen LogP contribution in [-0.2, 0) is 9.53 Å². The van der Waals surface area contributed by atoms with Crippen molar-refractivity contribution in [3.63, 3.8) is 0 Å². The lowest BCUT2D eigenvalue weighted by atomic mass is 10.0. The van der Waals surface area contributed by atoms with Crippen molar-refractivity contribution in [2.45, 2.75) is 117 Å². The minimum atomic E-state index is -0.674. The van der Waals surface area contributed by atoms with E-state index in [0.29, 0.717) is 13.0 Å². The molecule has 0 aromatic carbocycles. The molecule has 22 heavy (non-hydrogen) atoms. The zero-order chi connectivity index (χ0) is 17.2. The van der Waals surface area contributed by atoms with E-state index in [1.54, 1.807) is 6.92 Å². The average molecular weight is 314 g/mol. The van der Waals surface area contributed by atoms with Crippen LogP contribution < -0.4 is 0 Å². The second kappa shape index (κ2) is 18.5. The summed E-state index contributed by atoms with van der Waals surface area (Å²) in [6.45, 7) is 4.44. The molecule has 0 aromatic rings. The minimum absolute atomic E-state index is 0.359. The molecule has 0 aliphatic heterocycles. The monoisotopic (exact) mass is 313 g/mol. The lowest BCUT2D eigenvalue weighted by molar-refractivity contribution is -0.143. The van der Waals surface area contributed by atoms with Crippen LogP contribution in [0.15, 0.2) is 0 Å². The average Bonchev–Trinajstić information content (AvgIpc) is 2.55. The molecule has 1 atom stereocenters. The lowest BCUT2D eigenvalue weighted by Crippen LogP contribution is -2.03. The Morgan fingerprint density at radius 2 is 1.05 bits per heavy atom. The zero-order valence-electron chi connectivity index (χ0n) is 16.2. The molecule has 0 heterocycles. The molecule has 2 nitrogen and oxygen atoms in total. The van der Waals surface area contributed by atoms with Crippen molar-refractivity contribution in [1.29, 1.82) is 0 Å². The summed E-state index contributed by atoms with van der Waals surface area (Å²) in [6, 6.07) is 0. The number of carbonyl (C=O) groups is 1. The van der Waals surface area contributed by atoms with Crippen LogP contribution in [0.25, 0.3) is 0 Å². The zero-order valence-corrected chi connectivity index (χ0v) is 15.2. The summed E-state index contributed by atoms with van der Waals surface area (Å²) in [4.78, 5) is 11.3. The molecule has 2 heteroatoms. The van der Waals surface area contributed by atoms with Gasteiger partial charge in [-0.15, -0.1) is 0 Å². The molecule has 0 rings (SSSR count). The molecule has 0 N–H and O–H groups in total. The first-order valence-electron chi connectivity index (χ1n) is 10.4. The van der Waals surface area contributed by atoms with Gasteiger partial charge in [0.15, 0.2) is 0 Å². The Morgan fingerprint density at radius 1 is 0.682 bits per heavy atom. The fourth-order valence-electron chi connectivity index (χ4n) is 2.76. The third kappa shape index (κ3) is 17.5. The highest BCUT2D eigenvalue weighted by Crippen LogP contribution is 2.13. The van der Waals surface area contributed by atoms with Gasteiger partial charge in [-0.25, -0.2) is 0 Å². The van der Waals surface area contributed by atoms with Gasteiger partial charge in [-0.2, -0.15) is 0 Å². The second-order valence-corrected chi connectivity index (χ2v) is 6.34. The third-order valence-electron chi connectivity index (χ3n) is 4.16. The van der Waals surface area contributed by atoms with Gasteiger partial charge < -0.3 is 4.74 Å². The van der Waals surface area contributed by atoms with Crippen LogP contribution in [0, 0.1) is 0 Å². The SMILES string of the molecule is [2H]C(CCCCCCCCCCCCCCCC)C(=O)OCC. The number of esters is 1. The quantitative estimate of drug-likeness (QED) is 0.218. The van der Waals surface area contributed by atoms with Gasteiger partial charge in [-0.05, 0) is 13.3 Å². The molecule has 0 spiro atoms. The minimum Gasteiger partial charge on any atom is -0.466 e. The van der Waals surface area contributed by atoms with E-state index < -0.39 is 6.40 Å². The van der Waals surface area contributed by atoms with E-state index in [1.165, 1.54) is 77.0 Å². The number of rotatable bonds is 17. The van der Waals surface area contributed by atoms with Crippen molar-refractivity contribution < 1.29 is 10.9 Å². The fraction of sp³-hybridized carbons (Fsp3) is 0.950. The first-order valence-corrected chi connectivity index (χ1v) is 9.81. The van der Waals surface area contributed by atoms with Crippen molar-refractivity contribution in [2.24, 2.45) is 0 Å². The first kappa shape index (κ1) is 19.5. The molecule has 0 aliphatic carbocycles. The molecule has 0 aromatic heterocycles. The summed E-state index contributed by atoms with van der Waals surface area (Å²) < 4.78 is 12.5. The number of carbonyl (C=O) groups excluding carboxylic acids is 1. The van der Waals surface area contributed by atoms with Crippen molar-refractivity contribution in [3.05, 3.63) is 0 Å². The molecule has 0 radical (unpaired) electrons. The molecule has 0 bridgehead atoms. The largest absolute Gasteiger partial charge is 0.466 e. The Labute approximate surface area is 140 Å². The van der Waals surface area contributed by atoms with Crippen molar-refractivity contribution in [3.8, 4) is 0 Å². The third-order valence-corrected chi connectivity index (χ3v) is 4.16. The number of hydrogen-bond acceptors (Lipinski definition) is 2. The maximum atomic E-state index is 11.3. The van der Waals surface area contributed by atoms with E-state index in [4.69, 9.17) is 6.11 Å². The van der Waals surface area contributed by atoms with Crippen LogP contribution in [0.1, 0.15) is 118 Å².